The Hall–Kier alpha value is -1.71. The van der Waals surface area contributed by atoms with E-state index in [0.29, 0.717) is 0 Å². The van der Waals surface area contributed by atoms with E-state index in [1.807, 2.05) is 30.6 Å². The first-order chi connectivity index (χ1) is 9.76. The molecule has 20 heavy (non-hydrogen) atoms. The molecule has 0 atom stereocenters. The molecular weight excluding hydrogens is 314 g/mol. The van der Waals surface area contributed by atoms with Crippen molar-refractivity contribution in [1.29, 1.82) is 0 Å². The van der Waals surface area contributed by atoms with Gasteiger partial charge < -0.3 is 5.11 Å². The van der Waals surface area contributed by atoms with Crippen LogP contribution in [0, 0.1) is 0 Å². The predicted octanol–water partition coefficient (Wildman–Crippen LogP) is 4.08. The van der Waals surface area contributed by atoms with Gasteiger partial charge in [-0.05, 0) is 46.7 Å². The fraction of sp³-hybridized carbons (Fsp3) is 0.118. The second kappa shape index (κ2) is 5.73. The van der Waals surface area contributed by atoms with E-state index in [1.165, 1.54) is 21.9 Å². The molecule has 1 aromatic heterocycles. The Kier molecular flexibility index (Phi) is 3.81. The minimum atomic E-state index is 0.0591. The molecule has 0 fully saturated rings. The highest BCUT2D eigenvalue weighted by atomic mass is 79.9. The van der Waals surface area contributed by atoms with Gasteiger partial charge in [0.2, 0.25) is 0 Å². The first kappa shape index (κ1) is 13.3. The third-order valence-electron chi connectivity index (χ3n) is 3.37. The van der Waals surface area contributed by atoms with Crippen molar-refractivity contribution in [3.63, 3.8) is 0 Å². The standard InChI is InChI=1S/C17H14BrNO/c18-16-8-12(6-13(9-16)11-20)7-15-3-1-2-14-4-5-19-10-17(14)15/h1-6,8-10,20H,7,11H2. The van der Waals surface area contributed by atoms with E-state index in [0.717, 1.165) is 16.5 Å². The molecule has 2 aromatic carbocycles. The average Bonchev–Trinajstić information content (AvgIpc) is 2.47. The Morgan fingerprint density at radius 1 is 1.05 bits per heavy atom. The largest absolute Gasteiger partial charge is 0.392 e. The topological polar surface area (TPSA) is 33.1 Å². The summed E-state index contributed by atoms with van der Waals surface area (Å²) in [6.07, 6.45) is 4.56. The molecule has 0 spiro atoms. The minimum absolute atomic E-state index is 0.0591. The average molecular weight is 328 g/mol. The Bertz CT molecular complexity index is 750. The van der Waals surface area contributed by atoms with E-state index in [-0.39, 0.29) is 6.61 Å². The highest BCUT2D eigenvalue weighted by Crippen LogP contribution is 2.23. The summed E-state index contributed by atoms with van der Waals surface area (Å²) in [5.41, 5.74) is 3.35. The van der Waals surface area contributed by atoms with E-state index < -0.39 is 0 Å². The maximum Gasteiger partial charge on any atom is 0.0682 e. The van der Waals surface area contributed by atoms with Gasteiger partial charge in [0.1, 0.15) is 0 Å². The van der Waals surface area contributed by atoms with Gasteiger partial charge in [-0.25, -0.2) is 0 Å². The van der Waals surface area contributed by atoms with Crippen molar-refractivity contribution in [2.45, 2.75) is 13.0 Å². The van der Waals surface area contributed by atoms with Crippen molar-refractivity contribution >= 4 is 26.7 Å². The molecule has 0 aliphatic carbocycles. The van der Waals surface area contributed by atoms with Gasteiger partial charge in [-0.2, -0.15) is 0 Å². The van der Waals surface area contributed by atoms with Crippen LogP contribution in [0.25, 0.3) is 10.8 Å². The second-order valence-electron chi connectivity index (χ2n) is 4.82. The zero-order valence-electron chi connectivity index (χ0n) is 10.9. The molecule has 0 unspecified atom stereocenters. The molecule has 0 bridgehead atoms. The number of nitrogens with zero attached hydrogens (tertiary/aromatic N) is 1. The second-order valence-corrected chi connectivity index (χ2v) is 5.73. The number of pyridine rings is 1. The summed E-state index contributed by atoms with van der Waals surface area (Å²) in [5, 5.41) is 11.7. The highest BCUT2D eigenvalue weighted by Gasteiger charge is 2.04. The first-order valence-electron chi connectivity index (χ1n) is 6.47. The SMILES string of the molecule is OCc1cc(Br)cc(Cc2cccc3ccncc23)c1. The number of aromatic nitrogens is 1. The van der Waals surface area contributed by atoms with Crippen LogP contribution in [0.4, 0.5) is 0 Å². The molecule has 0 radical (unpaired) electrons. The van der Waals surface area contributed by atoms with Crippen LogP contribution in [0.2, 0.25) is 0 Å². The zero-order chi connectivity index (χ0) is 13.9. The number of fused-ring (bicyclic) bond motifs is 1. The molecule has 0 aliphatic rings. The van der Waals surface area contributed by atoms with Gasteiger partial charge in [0.05, 0.1) is 6.61 Å². The van der Waals surface area contributed by atoms with Gasteiger partial charge >= 0.3 is 0 Å². The van der Waals surface area contributed by atoms with Crippen LogP contribution in [0.5, 0.6) is 0 Å². The van der Waals surface area contributed by atoms with E-state index in [2.05, 4.69) is 45.2 Å². The molecule has 0 saturated carbocycles. The molecule has 3 rings (SSSR count). The molecular formula is C17H14BrNO. The normalized spacial score (nSPS) is 10.9. The lowest BCUT2D eigenvalue weighted by molar-refractivity contribution is 0.281. The third kappa shape index (κ3) is 2.74. The smallest absolute Gasteiger partial charge is 0.0682 e. The fourth-order valence-electron chi connectivity index (χ4n) is 2.46. The lowest BCUT2D eigenvalue weighted by Crippen LogP contribution is -1.93. The number of hydrogen-bond donors (Lipinski definition) is 1. The number of rotatable bonds is 3. The number of hydrogen-bond acceptors (Lipinski definition) is 2. The van der Waals surface area contributed by atoms with Gasteiger partial charge in [0.15, 0.2) is 0 Å². The van der Waals surface area contributed by atoms with Crippen molar-refractivity contribution in [3.05, 3.63) is 76.0 Å². The molecule has 0 amide bonds. The maximum atomic E-state index is 9.29. The van der Waals surface area contributed by atoms with Gasteiger partial charge in [-0.3, -0.25) is 4.98 Å². The monoisotopic (exact) mass is 327 g/mol. The highest BCUT2D eigenvalue weighted by molar-refractivity contribution is 9.10. The number of halogens is 1. The molecule has 2 nitrogen and oxygen atoms in total. The van der Waals surface area contributed by atoms with Crippen LogP contribution < -0.4 is 0 Å². The fourth-order valence-corrected chi connectivity index (χ4v) is 3.05. The Morgan fingerprint density at radius 3 is 2.75 bits per heavy atom. The van der Waals surface area contributed by atoms with E-state index >= 15 is 0 Å². The quantitative estimate of drug-likeness (QED) is 0.786. The predicted molar refractivity (Wildman–Crippen MR) is 84.6 cm³/mol. The third-order valence-corrected chi connectivity index (χ3v) is 3.83. The van der Waals surface area contributed by atoms with Gasteiger partial charge in [-0.15, -0.1) is 0 Å². The summed E-state index contributed by atoms with van der Waals surface area (Å²) in [4.78, 5) is 4.22. The number of aliphatic hydroxyl groups excluding tert-OH is 1. The van der Waals surface area contributed by atoms with Crippen LogP contribution in [-0.4, -0.2) is 10.1 Å². The summed E-state index contributed by atoms with van der Waals surface area (Å²) in [5.74, 6) is 0. The Morgan fingerprint density at radius 2 is 1.90 bits per heavy atom. The zero-order valence-corrected chi connectivity index (χ0v) is 12.5. The van der Waals surface area contributed by atoms with E-state index in [1.54, 1.807) is 0 Å². The molecule has 1 N–H and O–H groups in total. The summed E-state index contributed by atoms with van der Waals surface area (Å²) in [6, 6.07) is 14.4. The molecule has 0 aliphatic heterocycles. The van der Waals surface area contributed by atoms with Crippen LogP contribution >= 0.6 is 15.9 Å². The van der Waals surface area contributed by atoms with Crippen molar-refractivity contribution in [1.82, 2.24) is 4.98 Å². The van der Waals surface area contributed by atoms with Crippen LogP contribution in [-0.2, 0) is 13.0 Å². The number of benzene rings is 2. The van der Waals surface area contributed by atoms with Crippen LogP contribution in [0.3, 0.4) is 0 Å². The molecule has 100 valence electrons. The summed E-state index contributed by atoms with van der Waals surface area (Å²) in [6.45, 7) is 0.0591. The molecule has 3 heteroatoms. The number of aliphatic hydroxyl groups is 1. The van der Waals surface area contributed by atoms with E-state index in [9.17, 15) is 5.11 Å². The van der Waals surface area contributed by atoms with E-state index in [4.69, 9.17) is 0 Å². The van der Waals surface area contributed by atoms with Crippen molar-refractivity contribution in [2.75, 3.05) is 0 Å². The summed E-state index contributed by atoms with van der Waals surface area (Å²) < 4.78 is 0.998. The van der Waals surface area contributed by atoms with Crippen LogP contribution in [0.1, 0.15) is 16.7 Å². The Balaban J connectivity index is 2.03. The summed E-state index contributed by atoms with van der Waals surface area (Å²) >= 11 is 3.49. The maximum absolute atomic E-state index is 9.29. The molecule has 0 saturated heterocycles. The first-order valence-corrected chi connectivity index (χ1v) is 7.26. The van der Waals surface area contributed by atoms with Crippen molar-refractivity contribution in [2.24, 2.45) is 0 Å². The lowest BCUT2D eigenvalue weighted by Gasteiger charge is -2.08. The van der Waals surface area contributed by atoms with Gasteiger partial charge in [0.25, 0.3) is 0 Å². The van der Waals surface area contributed by atoms with Crippen LogP contribution in [0.15, 0.2) is 59.3 Å². The molecule has 1 heterocycles. The van der Waals surface area contributed by atoms with Gasteiger partial charge in [0, 0.05) is 22.3 Å². The van der Waals surface area contributed by atoms with Gasteiger partial charge in [-0.1, -0.05) is 40.2 Å². The Labute approximate surface area is 126 Å². The lowest BCUT2D eigenvalue weighted by atomic mass is 9.99. The van der Waals surface area contributed by atoms with Crippen molar-refractivity contribution in [3.8, 4) is 0 Å². The minimum Gasteiger partial charge on any atom is -0.392 e. The molecule has 3 aromatic rings. The summed E-state index contributed by atoms with van der Waals surface area (Å²) in [7, 11) is 0. The van der Waals surface area contributed by atoms with Crippen molar-refractivity contribution < 1.29 is 5.11 Å².